The van der Waals surface area contributed by atoms with Crippen LogP contribution in [0.2, 0.25) is 5.21 Å². The molecule has 1 fully saturated rings. The van der Waals surface area contributed by atoms with Gasteiger partial charge in [0.25, 0.3) is 0 Å². The molecule has 0 heterocycles. The van der Waals surface area contributed by atoms with Crippen molar-refractivity contribution in [2.24, 2.45) is 16.2 Å². The molecule has 4 radical (unpaired) electrons. The van der Waals surface area contributed by atoms with Gasteiger partial charge in [-0.05, 0) is 16.2 Å². The van der Waals surface area contributed by atoms with Gasteiger partial charge in [0.15, 0.2) is 0 Å². The fourth-order valence-corrected chi connectivity index (χ4v) is 3.26. The van der Waals surface area contributed by atoms with Crippen molar-refractivity contribution in [2.75, 3.05) is 0 Å². The molecule has 2 heteroatoms. The molecule has 0 atom stereocenters. The largest absolute Gasteiger partial charge is 0.0979 e. The molecule has 0 N–H and O–H groups in total. The summed E-state index contributed by atoms with van der Waals surface area (Å²) >= 11 is 0. The van der Waals surface area contributed by atoms with Crippen LogP contribution in [0.3, 0.4) is 0 Å². The summed E-state index contributed by atoms with van der Waals surface area (Å²) in [6.45, 7) is 13.8. The lowest BCUT2D eigenvalue weighted by molar-refractivity contribution is -0.109. The molecule has 1 aliphatic rings. The third-order valence-electron chi connectivity index (χ3n) is 4.13. The van der Waals surface area contributed by atoms with Gasteiger partial charge in [0, 0.05) is 0 Å². The van der Waals surface area contributed by atoms with E-state index in [1.54, 1.807) is 0 Å². The highest BCUT2D eigenvalue weighted by atomic mass is 14.6. The van der Waals surface area contributed by atoms with Crippen LogP contribution in [-0.4, -0.2) is 15.7 Å². The van der Waals surface area contributed by atoms with Crippen molar-refractivity contribution >= 4 is 15.7 Å². The summed E-state index contributed by atoms with van der Waals surface area (Å²) in [5.74, 6) is 0. The Bertz CT molecular complexity index is 204. The summed E-state index contributed by atoms with van der Waals surface area (Å²) in [4.78, 5) is 0. The Morgan fingerprint density at radius 3 is 1.14 bits per heavy atom. The van der Waals surface area contributed by atoms with Crippen LogP contribution in [0.15, 0.2) is 0 Å². The predicted octanol–water partition coefficient (Wildman–Crippen LogP) is 3.31. The molecule has 0 aliphatic heterocycles. The van der Waals surface area contributed by atoms with Crippen LogP contribution in [-0.2, 0) is 0 Å². The minimum Gasteiger partial charge on any atom is -0.0979 e. The highest BCUT2D eigenvalue weighted by Gasteiger charge is 2.59. The van der Waals surface area contributed by atoms with E-state index in [0.29, 0.717) is 0 Å². The van der Waals surface area contributed by atoms with Crippen molar-refractivity contribution in [1.82, 2.24) is 0 Å². The maximum absolute atomic E-state index is 5.97. The Labute approximate surface area is 92.1 Å². The number of hydrogen-bond donors (Lipinski definition) is 0. The molecular formula is C12H22B2. The van der Waals surface area contributed by atoms with Gasteiger partial charge in [0.1, 0.15) is 0 Å². The van der Waals surface area contributed by atoms with E-state index in [1.165, 1.54) is 0 Å². The van der Waals surface area contributed by atoms with Crippen molar-refractivity contribution in [3.8, 4) is 0 Å². The first kappa shape index (κ1) is 12.2. The van der Waals surface area contributed by atoms with Gasteiger partial charge in [-0.2, -0.15) is 0 Å². The first-order chi connectivity index (χ1) is 5.91. The normalized spacial score (nSPS) is 25.6. The molecule has 0 amide bonds. The summed E-state index contributed by atoms with van der Waals surface area (Å²) < 4.78 is 0. The lowest BCUT2D eigenvalue weighted by Crippen LogP contribution is -2.57. The van der Waals surface area contributed by atoms with E-state index in [4.69, 9.17) is 15.7 Å². The molecule has 1 aliphatic carbocycles. The van der Waals surface area contributed by atoms with Gasteiger partial charge in [0.05, 0.1) is 15.7 Å². The average molecular weight is 188 g/mol. The fourth-order valence-electron chi connectivity index (χ4n) is 3.26. The minimum atomic E-state index is -0.430. The molecule has 1 rings (SSSR count). The Hall–Kier alpha value is 0.130. The van der Waals surface area contributed by atoms with Crippen LogP contribution in [0.5, 0.6) is 0 Å². The van der Waals surface area contributed by atoms with Crippen LogP contribution in [0.4, 0.5) is 0 Å². The molecule has 0 nitrogen and oxygen atoms in total. The lowest BCUT2D eigenvalue weighted by atomic mass is 9.28. The van der Waals surface area contributed by atoms with Gasteiger partial charge in [-0.3, -0.25) is 0 Å². The Morgan fingerprint density at radius 1 is 0.786 bits per heavy atom. The van der Waals surface area contributed by atoms with Gasteiger partial charge in [-0.1, -0.05) is 59.6 Å². The molecule has 0 saturated heterocycles. The molecule has 0 unspecified atom stereocenters. The molecule has 0 aromatic carbocycles. The monoisotopic (exact) mass is 188 g/mol. The van der Waals surface area contributed by atoms with Crippen LogP contribution in [0, 0.1) is 16.2 Å². The van der Waals surface area contributed by atoms with Crippen LogP contribution in [0.1, 0.15) is 54.4 Å². The smallest absolute Gasteiger partial charge is 0.0621 e. The third-order valence-corrected chi connectivity index (χ3v) is 4.13. The van der Waals surface area contributed by atoms with Gasteiger partial charge < -0.3 is 0 Å². The van der Waals surface area contributed by atoms with E-state index in [0.717, 1.165) is 12.8 Å². The second-order valence-electron chi connectivity index (χ2n) is 7.17. The first-order valence-corrected chi connectivity index (χ1v) is 5.49. The van der Waals surface area contributed by atoms with Crippen LogP contribution in [0.25, 0.3) is 0 Å². The second kappa shape index (κ2) is 2.83. The highest BCUT2D eigenvalue weighted by Crippen LogP contribution is 2.70. The van der Waals surface area contributed by atoms with Gasteiger partial charge in [-0.25, -0.2) is 0 Å². The molecule has 76 valence electrons. The maximum atomic E-state index is 5.97. The van der Waals surface area contributed by atoms with Crippen molar-refractivity contribution in [2.45, 2.75) is 59.6 Å². The van der Waals surface area contributed by atoms with Crippen molar-refractivity contribution in [1.29, 1.82) is 0 Å². The first-order valence-electron chi connectivity index (χ1n) is 5.49. The van der Waals surface area contributed by atoms with E-state index in [-0.39, 0.29) is 16.2 Å². The molecular weight excluding hydrogens is 166 g/mol. The Morgan fingerprint density at radius 2 is 1.07 bits per heavy atom. The summed E-state index contributed by atoms with van der Waals surface area (Å²) in [6.07, 6.45) is 1.88. The lowest BCUT2D eigenvalue weighted by Gasteiger charge is -2.67. The van der Waals surface area contributed by atoms with E-state index in [9.17, 15) is 0 Å². The third kappa shape index (κ3) is 1.66. The topological polar surface area (TPSA) is 0 Å². The second-order valence-corrected chi connectivity index (χ2v) is 7.17. The zero-order valence-electron chi connectivity index (χ0n) is 10.6. The van der Waals surface area contributed by atoms with Gasteiger partial charge in [0.2, 0.25) is 0 Å². The zero-order valence-corrected chi connectivity index (χ0v) is 10.6. The van der Waals surface area contributed by atoms with E-state index >= 15 is 0 Å². The van der Waals surface area contributed by atoms with Gasteiger partial charge >= 0.3 is 0 Å². The number of hydrogen-bond acceptors (Lipinski definition) is 0. The Balaban J connectivity index is 2.99. The highest BCUT2D eigenvalue weighted by molar-refractivity contribution is 6.40. The quantitative estimate of drug-likeness (QED) is 0.511. The summed E-state index contributed by atoms with van der Waals surface area (Å²) in [6, 6.07) is 0. The van der Waals surface area contributed by atoms with Crippen molar-refractivity contribution in [3.63, 3.8) is 0 Å². The van der Waals surface area contributed by atoms with Crippen molar-refractivity contribution < 1.29 is 0 Å². The van der Waals surface area contributed by atoms with Gasteiger partial charge in [-0.15, -0.1) is 0 Å². The van der Waals surface area contributed by atoms with E-state index in [2.05, 4.69) is 41.5 Å². The predicted molar refractivity (Wildman–Crippen MR) is 64.8 cm³/mol. The summed E-state index contributed by atoms with van der Waals surface area (Å²) in [5.41, 5.74) is 0.824. The Kier molecular flexibility index (Phi) is 2.47. The number of rotatable bonds is 0. The zero-order chi connectivity index (χ0) is 11.4. The molecule has 14 heavy (non-hydrogen) atoms. The van der Waals surface area contributed by atoms with Crippen LogP contribution < -0.4 is 0 Å². The summed E-state index contributed by atoms with van der Waals surface area (Å²) in [5, 5.41) is -0.430. The minimum absolute atomic E-state index is 0.271. The summed E-state index contributed by atoms with van der Waals surface area (Å²) in [7, 11) is 11.9. The fraction of sp³-hybridized carbons (Fsp3) is 1.00. The molecule has 0 spiro atoms. The SMILES string of the molecule is [B]C1([B])CC(C(C)(C)C)(C(C)(C)C)C1. The van der Waals surface area contributed by atoms with E-state index < -0.39 is 5.21 Å². The molecule has 0 bridgehead atoms. The standard InChI is InChI=1S/C12H22B2/c1-9(2,3)11(10(4,5)6)7-12(13,14)8-11/h7-8H2,1-6H3. The maximum Gasteiger partial charge on any atom is 0.0621 e. The van der Waals surface area contributed by atoms with E-state index in [1.807, 2.05) is 0 Å². The van der Waals surface area contributed by atoms with Crippen LogP contribution >= 0.6 is 0 Å². The molecule has 0 aromatic rings. The average Bonchev–Trinajstić information content (AvgIpc) is 1.75. The molecule has 0 aromatic heterocycles. The molecule has 1 saturated carbocycles. The van der Waals surface area contributed by atoms with Crippen molar-refractivity contribution in [3.05, 3.63) is 0 Å².